The largest absolute Gasteiger partial charge is 0.297 e. The fourth-order valence-corrected chi connectivity index (χ4v) is 5.28. The number of hydrogen-bond acceptors (Lipinski definition) is 6. The van der Waals surface area contributed by atoms with E-state index in [-0.39, 0.29) is 11.3 Å². The van der Waals surface area contributed by atoms with Crippen molar-refractivity contribution in [2.24, 2.45) is 0 Å². The zero-order valence-corrected chi connectivity index (χ0v) is 18.9. The summed E-state index contributed by atoms with van der Waals surface area (Å²) >= 11 is 1.49. The smallest absolute Gasteiger partial charge is 0.258 e. The number of thiazole rings is 1. The van der Waals surface area contributed by atoms with Crippen LogP contribution in [0.1, 0.15) is 45.2 Å². The molecule has 0 spiro atoms. The van der Waals surface area contributed by atoms with Crippen molar-refractivity contribution in [3.05, 3.63) is 67.6 Å². The first kappa shape index (κ1) is 20.9. The number of carbonyl (C=O) groups excluding carboxylic acids is 1. The summed E-state index contributed by atoms with van der Waals surface area (Å²) in [6, 6.07) is 3.79. The van der Waals surface area contributed by atoms with Gasteiger partial charge in [-0.1, -0.05) is 6.07 Å². The average molecular weight is 425 g/mol. The Hall–Kier alpha value is -2.35. The molecular formula is C23H28N4O2S. The van der Waals surface area contributed by atoms with Gasteiger partial charge in [0.1, 0.15) is 0 Å². The lowest BCUT2D eigenvalue weighted by atomic mass is 9.91. The zero-order chi connectivity index (χ0) is 21.4. The Balaban J connectivity index is 1.42. The van der Waals surface area contributed by atoms with E-state index < -0.39 is 0 Å². The van der Waals surface area contributed by atoms with E-state index in [1.165, 1.54) is 22.5 Å². The van der Waals surface area contributed by atoms with Crippen LogP contribution in [0.2, 0.25) is 0 Å². The zero-order valence-electron chi connectivity index (χ0n) is 18.1. The summed E-state index contributed by atoms with van der Waals surface area (Å²) in [6.07, 6.45) is 1.77. The van der Waals surface area contributed by atoms with Crippen LogP contribution in [-0.4, -0.2) is 51.1 Å². The Labute approximate surface area is 180 Å². The molecule has 2 aromatic heterocycles. The summed E-state index contributed by atoms with van der Waals surface area (Å²) in [5.74, 6) is 0.141. The first-order valence-corrected chi connectivity index (χ1v) is 11.2. The van der Waals surface area contributed by atoms with Crippen LogP contribution in [0.15, 0.2) is 28.5 Å². The number of hydrogen-bond donors (Lipinski definition) is 0. The molecule has 1 fully saturated rings. The highest BCUT2D eigenvalue weighted by Gasteiger charge is 2.21. The molecule has 0 bridgehead atoms. The fourth-order valence-electron chi connectivity index (χ4n) is 4.54. The highest BCUT2D eigenvalue weighted by molar-refractivity contribution is 7.15. The minimum atomic E-state index is -0.0125. The summed E-state index contributed by atoms with van der Waals surface area (Å²) in [6.45, 7) is 13.3. The van der Waals surface area contributed by atoms with E-state index in [9.17, 15) is 9.59 Å². The highest BCUT2D eigenvalue weighted by Crippen LogP contribution is 2.24. The quantitative estimate of drug-likeness (QED) is 0.589. The van der Waals surface area contributed by atoms with Gasteiger partial charge in [0, 0.05) is 62.5 Å². The number of fused-ring (bicyclic) bond motifs is 1. The molecule has 3 aromatic rings. The van der Waals surface area contributed by atoms with Gasteiger partial charge in [0.05, 0.1) is 5.69 Å². The number of aromatic nitrogens is 2. The van der Waals surface area contributed by atoms with Gasteiger partial charge in [0.25, 0.3) is 5.56 Å². The Kier molecular flexibility index (Phi) is 5.86. The number of rotatable bonds is 5. The molecule has 0 radical (unpaired) electrons. The third-order valence-corrected chi connectivity index (χ3v) is 6.83. The third kappa shape index (κ3) is 4.10. The maximum Gasteiger partial charge on any atom is 0.258 e. The number of carbonyl (C=O) groups is 1. The van der Waals surface area contributed by atoms with Crippen molar-refractivity contribution in [2.75, 3.05) is 26.2 Å². The highest BCUT2D eigenvalue weighted by atomic mass is 32.1. The summed E-state index contributed by atoms with van der Waals surface area (Å²) in [7, 11) is 0. The van der Waals surface area contributed by atoms with Crippen LogP contribution in [0.25, 0.3) is 4.96 Å². The maximum absolute atomic E-state index is 12.2. The van der Waals surface area contributed by atoms with Crippen LogP contribution in [0, 0.1) is 20.8 Å². The molecule has 3 heterocycles. The molecule has 4 rings (SSSR count). The fraction of sp³-hybridized carbons (Fsp3) is 0.435. The van der Waals surface area contributed by atoms with Crippen LogP contribution < -0.4 is 5.56 Å². The number of Topliss-reactive ketones (excluding diaryl/α,β-unsaturated/α-hetero) is 1. The first-order chi connectivity index (χ1) is 14.3. The molecule has 0 N–H and O–H groups in total. The lowest BCUT2D eigenvalue weighted by Crippen LogP contribution is -2.45. The van der Waals surface area contributed by atoms with Crippen LogP contribution in [0.4, 0.5) is 0 Å². The number of nitrogens with zero attached hydrogens (tertiary/aromatic N) is 4. The second kappa shape index (κ2) is 8.41. The maximum atomic E-state index is 12.2. The predicted molar refractivity (Wildman–Crippen MR) is 121 cm³/mol. The van der Waals surface area contributed by atoms with Crippen LogP contribution in [-0.2, 0) is 13.1 Å². The van der Waals surface area contributed by atoms with Crippen LogP contribution in [0.5, 0.6) is 0 Å². The van der Waals surface area contributed by atoms with Crippen molar-refractivity contribution in [1.29, 1.82) is 0 Å². The molecule has 0 atom stereocenters. The van der Waals surface area contributed by atoms with Crippen LogP contribution >= 0.6 is 11.3 Å². The SMILES string of the molecule is CC(=O)c1c(C)cc(C)c(CN2CCN(Cc3cc(=O)n4ccsc4n3)CC2)c1C. The number of piperazine rings is 1. The Morgan fingerprint density at radius 1 is 1.03 bits per heavy atom. The molecule has 0 amide bonds. The normalized spacial score (nSPS) is 15.7. The van der Waals surface area contributed by atoms with Gasteiger partial charge in [-0.15, -0.1) is 11.3 Å². The molecule has 30 heavy (non-hydrogen) atoms. The van der Waals surface area contributed by atoms with E-state index >= 15 is 0 Å². The van der Waals surface area contributed by atoms with Crippen LogP contribution in [0.3, 0.4) is 0 Å². The van der Waals surface area contributed by atoms with Gasteiger partial charge in [-0.05, 0) is 49.9 Å². The third-order valence-electron chi connectivity index (χ3n) is 6.07. The molecule has 7 heteroatoms. The van der Waals surface area contributed by atoms with E-state index in [0.717, 1.165) is 60.1 Å². The van der Waals surface area contributed by atoms with E-state index in [1.54, 1.807) is 23.6 Å². The second-order valence-corrected chi connectivity index (χ2v) is 9.11. The Bertz CT molecular complexity index is 1160. The number of aryl methyl sites for hydroxylation is 2. The molecule has 0 saturated carbocycles. The molecule has 1 aromatic carbocycles. The topological polar surface area (TPSA) is 57.9 Å². The van der Waals surface area contributed by atoms with E-state index in [1.807, 2.05) is 12.3 Å². The molecule has 0 aliphatic carbocycles. The average Bonchev–Trinajstić information content (AvgIpc) is 3.15. The predicted octanol–water partition coefficient (Wildman–Crippen LogP) is 3.20. The number of ketones is 1. The molecular weight excluding hydrogens is 396 g/mol. The summed E-state index contributed by atoms with van der Waals surface area (Å²) in [4.78, 5) is 34.5. The van der Waals surface area contributed by atoms with Gasteiger partial charge in [-0.2, -0.15) is 0 Å². The number of benzene rings is 1. The van der Waals surface area contributed by atoms with Gasteiger partial charge in [-0.25, -0.2) is 4.98 Å². The minimum absolute atomic E-state index is 0.0125. The standard InChI is InChI=1S/C23H28N4O2S/c1-15-11-16(2)22(18(4)28)17(3)20(15)14-26-7-5-25(6-8-26)13-19-12-21(29)27-9-10-30-23(27)24-19/h9-12H,5-8,13-14H2,1-4H3. The second-order valence-electron chi connectivity index (χ2n) is 8.24. The Morgan fingerprint density at radius 2 is 1.70 bits per heavy atom. The van der Waals surface area contributed by atoms with Crippen molar-refractivity contribution in [1.82, 2.24) is 19.2 Å². The van der Waals surface area contributed by atoms with Crippen molar-refractivity contribution in [3.63, 3.8) is 0 Å². The summed E-state index contributed by atoms with van der Waals surface area (Å²) in [5, 5.41) is 1.89. The van der Waals surface area contributed by atoms with E-state index in [4.69, 9.17) is 0 Å². The summed E-state index contributed by atoms with van der Waals surface area (Å²) < 4.78 is 1.59. The van der Waals surface area contributed by atoms with Gasteiger partial charge >= 0.3 is 0 Å². The van der Waals surface area contributed by atoms with Crippen molar-refractivity contribution in [3.8, 4) is 0 Å². The van der Waals surface area contributed by atoms with E-state index in [2.05, 4.69) is 34.7 Å². The van der Waals surface area contributed by atoms with Crippen molar-refractivity contribution in [2.45, 2.75) is 40.8 Å². The lowest BCUT2D eigenvalue weighted by molar-refractivity contribution is 0.101. The van der Waals surface area contributed by atoms with Gasteiger partial charge < -0.3 is 0 Å². The van der Waals surface area contributed by atoms with Crippen molar-refractivity contribution >= 4 is 22.1 Å². The first-order valence-electron chi connectivity index (χ1n) is 10.3. The monoisotopic (exact) mass is 424 g/mol. The summed E-state index contributed by atoms with van der Waals surface area (Å²) in [5.41, 5.74) is 6.42. The molecule has 158 valence electrons. The minimum Gasteiger partial charge on any atom is -0.297 e. The van der Waals surface area contributed by atoms with E-state index in [0.29, 0.717) is 6.54 Å². The van der Waals surface area contributed by atoms with Gasteiger partial charge in [0.2, 0.25) is 0 Å². The molecule has 1 aliphatic rings. The Morgan fingerprint density at radius 3 is 2.37 bits per heavy atom. The molecule has 6 nitrogen and oxygen atoms in total. The molecule has 0 unspecified atom stereocenters. The van der Waals surface area contributed by atoms with Crippen molar-refractivity contribution < 1.29 is 4.79 Å². The van der Waals surface area contributed by atoms with Gasteiger partial charge in [0.15, 0.2) is 10.7 Å². The van der Waals surface area contributed by atoms with Gasteiger partial charge in [-0.3, -0.25) is 23.8 Å². The molecule has 1 aliphatic heterocycles. The molecule has 1 saturated heterocycles. The lowest BCUT2D eigenvalue weighted by Gasteiger charge is -2.35.